The highest BCUT2D eigenvalue weighted by Gasteiger charge is 2.11. The summed E-state index contributed by atoms with van der Waals surface area (Å²) in [5.41, 5.74) is 7.72. The zero-order chi connectivity index (χ0) is 12.4. The van der Waals surface area contributed by atoms with Crippen LogP contribution < -0.4 is 5.73 Å². The Balaban J connectivity index is 2.36. The van der Waals surface area contributed by atoms with Crippen LogP contribution in [0.25, 0.3) is 11.4 Å². The Kier molecular flexibility index (Phi) is 3.24. The van der Waals surface area contributed by atoms with Crippen LogP contribution >= 0.6 is 0 Å². The van der Waals surface area contributed by atoms with Gasteiger partial charge in [-0.2, -0.15) is 5.10 Å². The lowest BCUT2D eigenvalue weighted by atomic mass is 10.1. The van der Waals surface area contributed by atoms with Crippen molar-refractivity contribution in [1.29, 1.82) is 0 Å². The van der Waals surface area contributed by atoms with Crippen molar-refractivity contribution in [1.82, 2.24) is 14.8 Å². The summed E-state index contributed by atoms with van der Waals surface area (Å²) in [6, 6.07) is 8.06. The van der Waals surface area contributed by atoms with E-state index in [1.165, 1.54) is 0 Å². The fourth-order valence-electron chi connectivity index (χ4n) is 1.81. The van der Waals surface area contributed by atoms with E-state index in [0.717, 1.165) is 22.8 Å². The van der Waals surface area contributed by atoms with Gasteiger partial charge in [0.05, 0.1) is 0 Å². The van der Waals surface area contributed by atoms with Crippen LogP contribution in [0.3, 0.4) is 0 Å². The number of aromatic nitrogens is 3. The number of benzene rings is 1. The van der Waals surface area contributed by atoms with Crippen molar-refractivity contribution in [2.75, 3.05) is 0 Å². The zero-order valence-corrected chi connectivity index (χ0v) is 10.5. The van der Waals surface area contributed by atoms with Gasteiger partial charge in [-0.3, -0.25) is 4.68 Å². The molecule has 0 atom stereocenters. The average Bonchev–Trinajstić information content (AvgIpc) is 2.71. The first kappa shape index (κ1) is 11.8. The van der Waals surface area contributed by atoms with Crippen molar-refractivity contribution in [2.24, 2.45) is 12.8 Å². The molecule has 90 valence electrons. The second kappa shape index (κ2) is 4.67. The SMILES string of the molecule is CC(C)c1nc(-c2ccc(CN)cc2)nn1C. The van der Waals surface area contributed by atoms with Gasteiger partial charge >= 0.3 is 0 Å². The molecule has 17 heavy (non-hydrogen) atoms. The molecule has 0 radical (unpaired) electrons. The Morgan fingerprint density at radius 1 is 1.24 bits per heavy atom. The monoisotopic (exact) mass is 230 g/mol. The maximum Gasteiger partial charge on any atom is 0.181 e. The van der Waals surface area contributed by atoms with Gasteiger partial charge in [-0.15, -0.1) is 0 Å². The van der Waals surface area contributed by atoms with Crippen LogP contribution in [0.15, 0.2) is 24.3 Å². The zero-order valence-electron chi connectivity index (χ0n) is 10.5. The van der Waals surface area contributed by atoms with E-state index < -0.39 is 0 Å². The Hall–Kier alpha value is -1.68. The molecule has 4 nitrogen and oxygen atoms in total. The molecule has 2 aromatic rings. The number of hydrogen-bond acceptors (Lipinski definition) is 3. The first-order valence-corrected chi connectivity index (χ1v) is 5.82. The minimum atomic E-state index is 0.379. The molecule has 0 unspecified atom stereocenters. The van der Waals surface area contributed by atoms with Gasteiger partial charge in [-0.25, -0.2) is 4.98 Å². The molecule has 2 rings (SSSR count). The second-order valence-corrected chi connectivity index (χ2v) is 4.47. The topological polar surface area (TPSA) is 56.7 Å². The Morgan fingerprint density at radius 3 is 2.35 bits per heavy atom. The van der Waals surface area contributed by atoms with Crippen molar-refractivity contribution in [2.45, 2.75) is 26.3 Å². The maximum atomic E-state index is 5.57. The van der Waals surface area contributed by atoms with Crippen molar-refractivity contribution < 1.29 is 0 Å². The standard InChI is InChI=1S/C13H18N4/c1-9(2)13-15-12(16-17(13)3)11-6-4-10(8-14)5-7-11/h4-7,9H,8,14H2,1-3H3. The van der Waals surface area contributed by atoms with Crippen LogP contribution in [0.1, 0.15) is 31.2 Å². The van der Waals surface area contributed by atoms with Crippen molar-refractivity contribution >= 4 is 0 Å². The maximum absolute atomic E-state index is 5.57. The summed E-state index contributed by atoms with van der Waals surface area (Å²) < 4.78 is 1.84. The molecule has 1 aromatic carbocycles. The van der Waals surface area contributed by atoms with E-state index in [4.69, 9.17) is 5.73 Å². The molecule has 2 N–H and O–H groups in total. The lowest BCUT2D eigenvalue weighted by molar-refractivity contribution is 0.655. The highest BCUT2D eigenvalue weighted by atomic mass is 15.3. The van der Waals surface area contributed by atoms with E-state index in [9.17, 15) is 0 Å². The fourth-order valence-corrected chi connectivity index (χ4v) is 1.81. The molecule has 4 heteroatoms. The minimum absolute atomic E-state index is 0.379. The highest BCUT2D eigenvalue weighted by Crippen LogP contribution is 2.19. The highest BCUT2D eigenvalue weighted by molar-refractivity contribution is 5.55. The predicted molar refractivity (Wildman–Crippen MR) is 68.4 cm³/mol. The fraction of sp³-hybridized carbons (Fsp3) is 0.385. The molecule has 0 saturated carbocycles. The Bertz CT molecular complexity index is 497. The largest absolute Gasteiger partial charge is 0.326 e. The molecule has 0 saturated heterocycles. The van der Waals surface area contributed by atoms with E-state index in [2.05, 4.69) is 23.9 Å². The normalized spacial score (nSPS) is 11.1. The molecule has 0 aliphatic heterocycles. The van der Waals surface area contributed by atoms with Gasteiger partial charge < -0.3 is 5.73 Å². The molecule has 0 amide bonds. The third kappa shape index (κ3) is 2.36. The van der Waals surface area contributed by atoms with Gasteiger partial charge in [-0.05, 0) is 5.56 Å². The summed E-state index contributed by atoms with van der Waals surface area (Å²) in [5.74, 6) is 2.16. The van der Waals surface area contributed by atoms with Gasteiger partial charge in [0.1, 0.15) is 5.82 Å². The predicted octanol–water partition coefficient (Wildman–Crippen LogP) is 2.06. The number of nitrogens with zero attached hydrogens (tertiary/aromatic N) is 3. The molecular weight excluding hydrogens is 212 g/mol. The van der Waals surface area contributed by atoms with Gasteiger partial charge in [0, 0.05) is 25.1 Å². The Labute approximate surface area is 101 Å². The van der Waals surface area contributed by atoms with Crippen LogP contribution in [-0.2, 0) is 13.6 Å². The third-order valence-electron chi connectivity index (χ3n) is 2.76. The molecule has 1 heterocycles. The molecule has 0 bridgehead atoms. The van der Waals surface area contributed by atoms with Gasteiger partial charge in [0.15, 0.2) is 5.82 Å². The van der Waals surface area contributed by atoms with Gasteiger partial charge in [-0.1, -0.05) is 38.1 Å². The molecule has 0 fully saturated rings. The van der Waals surface area contributed by atoms with E-state index in [1.54, 1.807) is 0 Å². The van der Waals surface area contributed by atoms with Crippen LogP contribution in [0, 0.1) is 0 Å². The first-order chi connectivity index (χ1) is 8.11. The summed E-state index contributed by atoms with van der Waals surface area (Å²) >= 11 is 0. The summed E-state index contributed by atoms with van der Waals surface area (Å²) in [7, 11) is 1.93. The molecule has 1 aromatic heterocycles. The van der Waals surface area contributed by atoms with Crippen molar-refractivity contribution in [3.63, 3.8) is 0 Å². The summed E-state index contributed by atoms with van der Waals surface area (Å²) in [5, 5.41) is 4.43. The third-order valence-corrected chi connectivity index (χ3v) is 2.76. The van der Waals surface area contributed by atoms with E-state index in [0.29, 0.717) is 12.5 Å². The number of aryl methyl sites for hydroxylation is 1. The van der Waals surface area contributed by atoms with Crippen LogP contribution in [0.2, 0.25) is 0 Å². The number of rotatable bonds is 3. The molecule has 0 aliphatic carbocycles. The number of hydrogen-bond donors (Lipinski definition) is 1. The molecule has 0 spiro atoms. The smallest absolute Gasteiger partial charge is 0.181 e. The van der Waals surface area contributed by atoms with Gasteiger partial charge in [0.25, 0.3) is 0 Å². The molecule has 0 aliphatic rings. The van der Waals surface area contributed by atoms with E-state index in [-0.39, 0.29) is 0 Å². The number of nitrogens with two attached hydrogens (primary N) is 1. The Morgan fingerprint density at radius 2 is 1.88 bits per heavy atom. The van der Waals surface area contributed by atoms with E-state index in [1.807, 2.05) is 36.0 Å². The summed E-state index contributed by atoms with van der Waals surface area (Å²) in [6.07, 6.45) is 0. The van der Waals surface area contributed by atoms with Gasteiger partial charge in [0.2, 0.25) is 0 Å². The lowest BCUT2D eigenvalue weighted by Crippen LogP contribution is -2.00. The quantitative estimate of drug-likeness (QED) is 0.878. The average molecular weight is 230 g/mol. The van der Waals surface area contributed by atoms with Crippen molar-refractivity contribution in [3.05, 3.63) is 35.7 Å². The van der Waals surface area contributed by atoms with Crippen LogP contribution in [0.5, 0.6) is 0 Å². The molecular formula is C13H18N4. The van der Waals surface area contributed by atoms with Crippen LogP contribution in [0.4, 0.5) is 0 Å². The van der Waals surface area contributed by atoms with E-state index >= 15 is 0 Å². The minimum Gasteiger partial charge on any atom is -0.326 e. The van der Waals surface area contributed by atoms with Crippen molar-refractivity contribution in [3.8, 4) is 11.4 Å². The lowest BCUT2D eigenvalue weighted by Gasteiger charge is -2.00. The first-order valence-electron chi connectivity index (χ1n) is 5.82. The second-order valence-electron chi connectivity index (χ2n) is 4.47. The van der Waals surface area contributed by atoms with Crippen LogP contribution in [-0.4, -0.2) is 14.8 Å². The summed E-state index contributed by atoms with van der Waals surface area (Å²) in [6.45, 7) is 4.80. The summed E-state index contributed by atoms with van der Waals surface area (Å²) in [4.78, 5) is 4.56.